The number of aromatic hydroxyl groups is 1. The summed E-state index contributed by atoms with van der Waals surface area (Å²) < 4.78 is 6.34. The van der Waals surface area contributed by atoms with E-state index in [0.717, 1.165) is 19.6 Å². The van der Waals surface area contributed by atoms with Crippen molar-refractivity contribution in [2.24, 2.45) is 0 Å². The number of ketones is 2. The summed E-state index contributed by atoms with van der Waals surface area (Å²) in [6.07, 6.45) is 2.84. The van der Waals surface area contributed by atoms with Crippen molar-refractivity contribution in [3.8, 4) is 11.5 Å². The fourth-order valence-electron chi connectivity index (χ4n) is 5.46. The number of piperidine rings is 1. The Balaban J connectivity index is 1.21. The number of fused-ring (bicyclic) bond motifs is 2. The molecule has 2 N–H and O–H groups in total. The fourth-order valence-corrected chi connectivity index (χ4v) is 5.46. The second-order valence-corrected chi connectivity index (χ2v) is 9.93. The number of likely N-dealkylation sites (tertiary alicyclic amines) is 1. The minimum absolute atomic E-state index is 0.0333. The van der Waals surface area contributed by atoms with Crippen LogP contribution in [0.4, 0.5) is 5.69 Å². The van der Waals surface area contributed by atoms with Gasteiger partial charge in [0.05, 0.1) is 23.1 Å². The van der Waals surface area contributed by atoms with E-state index >= 15 is 0 Å². The lowest BCUT2D eigenvalue weighted by atomic mass is 9.82. The third-order valence-corrected chi connectivity index (χ3v) is 7.47. The number of hydrogen-bond acceptors (Lipinski definition) is 6. The number of carbonyl (C=O) groups is 3. The first-order chi connectivity index (χ1) is 17.9. The molecule has 0 bridgehead atoms. The standard InChI is InChI=1S/C30H26N2O5/c33-25(15-21-20-8-4-5-9-24(20)31-29(21)36)22-14-23-27(35)17-30(37-28(23)16-26(22)34)10-12-32(13-11-30)18-19-6-2-1-3-7-19/h1-9,14-16,34H,10-13,17-18H2,(H,31,36)/b21-15-. The molecule has 3 aliphatic heterocycles. The number of nitrogens with zero attached hydrogens (tertiary/aromatic N) is 1. The molecule has 1 amide bonds. The second-order valence-electron chi connectivity index (χ2n) is 9.93. The number of rotatable bonds is 4. The van der Waals surface area contributed by atoms with E-state index in [1.807, 2.05) is 18.2 Å². The Kier molecular flexibility index (Phi) is 5.65. The molecule has 3 aromatic carbocycles. The highest BCUT2D eigenvalue weighted by Crippen LogP contribution is 2.42. The molecule has 1 spiro atoms. The summed E-state index contributed by atoms with van der Waals surface area (Å²) in [7, 11) is 0. The highest BCUT2D eigenvalue weighted by molar-refractivity contribution is 6.35. The van der Waals surface area contributed by atoms with Gasteiger partial charge in [0.1, 0.15) is 17.1 Å². The van der Waals surface area contributed by atoms with Crippen molar-refractivity contribution in [2.45, 2.75) is 31.4 Å². The monoisotopic (exact) mass is 494 g/mol. The van der Waals surface area contributed by atoms with Crippen molar-refractivity contribution < 1.29 is 24.2 Å². The molecular formula is C30H26N2O5. The quantitative estimate of drug-likeness (QED) is 0.406. The average Bonchev–Trinajstić information content (AvgIpc) is 3.20. The zero-order valence-corrected chi connectivity index (χ0v) is 20.2. The second kappa shape index (κ2) is 9.01. The van der Waals surface area contributed by atoms with Crippen molar-refractivity contribution >= 4 is 28.7 Å². The summed E-state index contributed by atoms with van der Waals surface area (Å²) >= 11 is 0. The van der Waals surface area contributed by atoms with Crippen molar-refractivity contribution in [3.63, 3.8) is 0 Å². The number of ether oxygens (including phenoxy) is 1. The number of hydrogen-bond donors (Lipinski definition) is 2. The van der Waals surface area contributed by atoms with Crippen LogP contribution in [-0.2, 0) is 11.3 Å². The first-order valence-corrected chi connectivity index (χ1v) is 12.4. The number of phenolic OH excluding ortho intramolecular Hbond substituents is 1. The summed E-state index contributed by atoms with van der Waals surface area (Å²) in [5.41, 5.74) is 2.37. The van der Waals surface area contributed by atoms with Gasteiger partial charge < -0.3 is 15.2 Å². The van der Waals surface area contributed by atoms with Crippen LogP contribution < -0.4 is 10.1 Å². The Morgan fingerprint density at radius 3 is 2.51 bits per heavy atom. The van der Waals surface area contributed by atoms with Gasteiger partial charge in [-0.05, 0) is 23.8 Å². The van der Waals surface area contributed by atoms with Crippen LogP contribution in [0, 0.1) is 0 Å². The average molecular weight is 495 g/mol. The number of para-hydroxylation sites is 1. The summed E-state index contributed by atoms with van der Waals surface area (Å²) in [6, 6.07) is 20.1. The Morgan fingerprint density at radius 1 is 1.00 bits per heavy atom. The maximum absolute atomic E-state index is 13.2. The van der Waals surface area contributed by atoms with Gasteiger partial charge in [-0.1, -0.05) is 48.5 Å². The van der Waals surface area contributed by atoms with E-state index < -0.39 is 11.4 Å². The van der Waals surface area contributed by atoms with Gasteiger partial charge in [-0.2, -0.15) is 0 Å². The summed E-state index contributed by atoms with van der Waals surface area (Å²) in [5.74, 6) is -1.02. The zero-order chi connectivity index (χ0) is 25.6. The van der Waals surface area contributed by atoms with E-state index in [1.54, 1.807) is 24.3 Å². The molecule has 186 valence electrons. The molecule has 0 saturated carbocycles. The predicted octanol–water partition coefficient (Wildman–Crippen LogP) is 4.61. The van der Waals surface area contributed by atoms with Crippen molar-refractivity contribution in [3.05, 3.63) is 95.1 Å². The number of anilines is 1. The molecular weight excluding hydrogens is 468 g/mol. The lowest BCUT2D eigenvalue weighted by Crippen LogP contribution is -2.50. The van der Waals surface area contributed by atoms with E-state index in [4.69, 9.17) is 4.74 Å². The van der Waals surface area contributed by atoms with E-state index in [9.17, 15) is 19.5 Å². The molecule has 0 unspecified atom stereocenters. The summed E-state index contributed by atoms with van der Waals surface area (Å²) in [4.78, 5) is 41.0. The molecule has 7 heteroatoms. The molecule has 3 heterocycles. The zero-order valence-electron chi connectivity index (χ0n) is 20.2. The molecule has 1 fully saturated rings. The maximum Gasteiger partial charge on any atom is 0.256 e. The SMILES string of the molecule is O=C1Nc2ccccc2/C1=C/C(=O)c1cc2c(cc1O)OC1(CCN(Cc3ccccc3)CC1)CC2=O. The highest BCUT2D eigenvalue weighted by Gasteiger charge is 2.43. The Labute approximate surface area is 214 Å². The maximum atomic E-state index is 13.2. The summed E-state index contributed by atoms with van der Waals surface area (Å²) in [6.45, 7) is 2.46. The number of phenols is 1. The number of amides is 1. The minimum Gasteiger partial charge on any atom is -0.507 e. The lowest BCUT2D eigenvalue weighted by molar-refractivity contribution is -0.110. The smallest absolute Gasteiger partial charge is 0.256 e. The van der Waals surface area contributed by atoms with Crippen LogP contribution in [-0.4, -0.2) is 46.2 Å². The van der Waals surface area contributed by atoms with Gasteiger partial charge in [0.25, 0.3) is 5.91 Å². The van der Waals surface area contributed by atoms with Crippen LogP contribution in [0.5, 0.6) is 11.5 Å². The molecule has 0 radical (unpaired) electrons. The number of Topliss-reactive ketones (excluding diaryl/α,β-unsaturated/α-hetero) is 1. The van der Waals surface area contributed by atoms with Crippen LogP contribution in [0.15, 0.2) is 72.8 Å². The molecule has 3 aromatic rings. The number of nitrogens with one attached hydrogen (secondary N) is 1. The molecule has 7 nitrogen and oxygen atoms in total. The Hall–Kier alpha value is -4.23. The van der Waals surface area contributed by atoms with Gasteiger partial charge in [0, 0.05) is 49.8 Å². The largest absolute Gasteiger partial charge is 0.507 e. The first-order valence-electron chi connectivity index (χ1n) is 12.4. The molecule has 1 saturated heterocycles. The first kappa shape index (κ1) is 23.2. The summed E-state index contributed by atoms with van der Waals surface area (Å²) in [5, 5.41) is 13.4. The van der Waals surface area contributed by atoms with E-state index in [2.05, 4.69) is 22.3 Å². The predicted molar refractivity (Wildman–Crippen MR) is 139 cm³/mol. The molecule has 6 rings (SSSR count). The lowest BCUT2D eigenvalue weighted by Gasteiger charge is -2.44. The van der Waals surface area contributed by atoms with Gasteiger partial charge >= 0.3 is 0 Å². The van der Waals surface area contributed by atoms with Gasteiger partial charge in [-0.15, -0.1) is 0 Å². The fraction of sp³-hybridized carbons (Fsp3) is 0.233. The van der Waals surface area contributed by atoms with Crippen molar-refractivity contribution in [1.82, 2.24) is 4.90 Å². The number of allylic oxidation sites excluding steroid dienone is 1. The Bertz CT molecular complexity index is 1450. The van der Waals surface area contributed by atoms with Crippen LogP contribution >= 0.6 is 0 Å². The van der Waals surface area contributed by atoms with Gasteiger partial charge in [-0.3, -0.25) is 19.3 Å². The minimum atomic E-state index is -0.608. The van der Waals surface area contributed by atoms with Gasteiger partial charge in [0.2, 0.25) is 0 Å². The van der Waals surface area contributed by atoms with Crippen LogP contribution in [0.3, 0.4) is 0 Å². The van der Waals surface area contributed by atoms with Crippen LogP contribution in [0.25, 0.3) is 5.57 Å². The molecule has 0 aromatic heterocycles. The molecule has 0 aliphatic carbocycles. The van der Waals surface area contributed by atoms with Gasteiger partial charge in [-0.25, -0.2) is 0 Å². The van der Waals surface area contributed by atoms with Gasteiger partial charge in [0.15, 0.2) is 11.6 Å². The molecule has 0 atom stereocenters. The number of benzene rings is 3. The highest BCUT2D eigenvalue weighted by atomic mass is 16.5. The van der Waals surface area contributed by atoms with Crippen molar-refractivity contribution in [2.75, 3.05) is 18.4 Å². The van der Waals surface area contributed by atoms with Crippen molar-refractivity contribution in [1.29, 1.82) is 0 Å². The molecule has 3 aliphatic rings. The van der Waals surface area contributed by atoms with E-state index in [1.165, 1.54) is 23.8 Å². The van der Waals surface area contributed by atoms with E-state index in [0.29, 0.717) is 29.8 Å². The third-order valence-electron chi connectivity index (χ3n) is 7.47. The van der Waals surface area contributed by atoms with Crippen LogP contribution in [0.1, 0.15) is 51.1 Å². The van der Waals surface area contributed by atoms with E-state index in [-0.39, 0.29) is 40.6 Å². The normalized spacial score (nSPS) is 19.3. The third kappa shape index (κ3) is 4.32. The van der Waals surface area contributed by atoms with Crippen LogP contribution in [0.2, 0.25) is 0 Å². The Morgan fingerprint density at radius 2 is 1.73 bits per heavy atom. The molecule has 37 heavy (non-hydrogen) atoms. The number of carbonyl (C=O) groups excluding carboxylic acids is 3. The topological polar surface area (TPSA) is 95.9 Å².